The Morgan fingerprint density at radius 2 is 1.85 bits per heavy atom. The second kappa shape index (κ2) is 8.21. The summed E-state index contributed by atoms with van der Waals surface area (Å²) in [5, 5.41) is 4.03. The lowest BCUT2D eigenvalue weighted by Crippen LogP contribution is -2.26. The van der Waals surface area contributed by atoms with Gasteiger partial charge >= 0.3 is 0 Å². The van der Waals surface area contributed by atoms with E-state index in [9.17, 15) is 4.79 Å². The number of hydrogen-bond acceptors (Lipinski definition) is 3. The molecule has 26 heavy (non-hydrogen) atoms. The normalized spacial score (nSPS) is 10.4. The van der Waals surface area contributed by atoms with E-state index >= 15 is 0 Å². The van der Waals surface area contributed by atoms with E-state index in [1.165, 1.54) is 0 Å². The van der Waals surface area contributed by atoms with Crippen LogP contribution in [0.2, 0.25) is 10.0 Å². The summed E-state index contributed by atoms with van der Waals surface area (Å²) in [6, 6.07) is 16.9. The van der Waals surface area contributed by atoms with E-state index in [0.717, 1.165) is 5.56 Å². The van der Waals surface area contributed by atoms with Crippen molar-refractivity contribution in [2.45, 2.75) is 6.54 Å². The van der Waals surface area contributed by atoms with Crippen LogP contribution in [0.4, 0.5) is 11.4 Å². The Morgan fingerprint density at radius 1 is 1.08 bits per heavy atom. The van der Waals surface area contributed by atoms with Gasteiger partial charge in [0.15, 0.2) is 0 Å². The fraction of sp³-hybridized carbons (Fsp3) is 0.100. The van der Waals surface area contributed by atoms with Crippen LogP contribution >= 0.6 is 23.2 Å². The van der Waals surface area contributed by atoms with Crippen LogP contribution in [0, 0.1) is 0 Å². The molecule has 0 saturated heterocycles. The van der Waals surface area contributed by atoms with Crippen LogP contribution in [0.5, 0.6) is 0 Å². The molecule has 0 unspecified atom stereocenters. The smallest absolute Gasteiger partial charge is 0.255 e. The molecule has 6 heteroatoms. The van der Waals surface area contributed by atoms with Gasteiger partial charge in [0.05, 0.1) is 33.2 Å². The van der Waals surface area contributed by atoms with E-state index in [2.05, 4.69) is 10.3 Å². The zero-order valence-corrected chi connectivity index (χ0v) is 15.6. The molecule has 3 rings (SSSR count). The predicted molar refractivity (Wildman–Crippen MR) is 106 cm³/mol. The number of anilines is 2. The van der Waals surface area contributed by atoms with Crippen molar-refractivity contribution >= 4 is 40.5 Å². The molecule has 4 nitrogen and oxygen atoms in total. The van der Waals surface area contributed by atoms with Crippen LogP contribution in [0.1, 0.15) is 15.9 Å². The Morgan fingerprint density at radius 3 is 2.62 bits per heavy atom. The fourth-order valence-corrected chi connectivity index (χ4v) is 2.88. The van der Waals surface area contributed by atoms with Crippen molar-refractivity contribution in [1.82, 2.24) is 9.88 Å². The average Bonchev–Trinajstić information content (AvgIpc) is 2.66. The topological polar surface area (TPSA) is 45.2 Å². The van der Waals surface area contributed by atoms with E-state index in [1.807, 2.05) is 36.4 Å². The molecule has 0 saturated carbocycles. The molecule has 1 aromatic heterocycles. The molecular weight excluding hydrogens is 369 g/mol. The van der Waals surface area contributed by atoms with Gasteiger partial charge < -0.3 is 10.2 Å². The maximum absolute atomic E-state index is 12.7. The summed E-state index contributed by atoms with van der Waals surface area (Å²) in [7, 11) is 1.77. The molecule has 0 spiro atoms. The molecule has 2 aromatic carbocycles. The Hall–Kier alpha value is -2.56. The number of aromatic nitrogens is 1. The van der Waals surface area contributed by atoms with Gasteiger partial charge in [0.1, 0.15) is 0 Å². The maximum atomic E-state index is 12.7. The molecular formula is C20H17Cl2N3O. The molecule has 0 atom stereocenters. The predicted octanol–water partition coefficient (Wildman–Crippen LogP) is 5.40. The number of rotatable bonds is 5. The van der Waals surface area contributed by atoms with Crippen molar-refractivity contribution in [1.29, 1.82) is 0 Å². The summed E-state index contributed by atoms with van der Waals surface area (Å²) in [6.45, 7) is 0.525. The lowest BCUT2D eigenvalue weighted by molar-refractivity contribution is 0.0784. The molecule has 0 bridgehead atoms. The number of pyridine rings is 1. The monoisotopic (exact) mass is 385 g/mol. The van der Waals surface area contributed by atoms with Crippen LogP contribution in [0.15, 0.2) is 67.0 Å². The molecule has 132 valence electrons. The van der Waals surface area contributed by atoms with E-state index in [-0.39, 0.29) is 5.91 Å². The minimum absolute atomic E-state index is 0.109. The first-order chi connectivity index (χ1) is 12.5. The first kappa shape index (κ1) is 18.2. The number of benzene rings is 2. The van der Waals surface area contributed by atoms with Gasteiger partial charge in [-0.1, -0.05) is 59.6 Å². The highest BCUT2D eigenvalue weighted by Crippen LogP contribution is 2.31. The standard InChI is InChI=1S/C20H17Cl2N3O/c1-25(13-14-6-3-2-4-7-14)20(26)15-10-16(12-23-11-15)24-18-9-5-8-17(21)19(18)22/h2-12,24H,13H2,1H3. The summed E-state index contributed by atoms with van der Waals surface area (Å²) >= 11 is 12.2. The maximum Gasteiger partial charge on any atom is 0.255 e. The van der Waals surface area contributed by atoms with E-state index in [0.29, 0.717) is 33.5 Å². The van der Waals surface area contributed by atoms with Crippen molar-refractivity contribution in [3.05, 3.63) is 88.2 Å². The van der Waals surface area contributed by atoms with Gasteiger partial charge in [0, 0.05) is 19.8 Å². The average molecular weight is 386 g/mol. The van der Waals surface area contributed by atoms with Crippen LogP contribution in [0.3, 0.4) is 0 Å². The first-order valence-electron chi connectivity index (χ1n) is 8.00. The summed E-state index contributed by atoms with van der Waals surface area (Å²) in [5.41, 5.74) is 2.87. The highest BCUT2D eigenvalue weighted by molar-refractivity contribution is 6.43. The summed E-state index contributed by atoms with van der Waals surface area (Å²) in [6.07, 6.45) is 3.18. The molecule has 0 aliphatic carbocycles. The molecule has 1 heterocycles. The van der Waals surface area contributed by atoms with Gasteiger partial charge in [-0.25, -0.2) is 0 Å². The largest absolute Gasteiger partial charge is 0.353 e. The SMILES string of the molecule is CN(Cc1ccccc1)C(=O)c1cncc(Nc2cccc(Cl)c2Cl)c1. The molecule has 3 aromatic rings. The fourth-order valence-electron chi connectivity index (χ4n) is 2.53. The molecule has 1 amide bonds. The number of carbonyl (C=O) groups excluding carboxylic acids is 1. The highest BCUT2D eigenvalue weighted by Gasteiger charge is 2.13. The lowest BCUT2D eigenvalue weighted by atomic mass is 10.2. The number of carbonyl (C=O) groups is 1. The second-order valence-corrected chi connectivity index (χ2v) is 6.62. The van der Waals surface area contributed by atoms with E-state index in [4.69, 9.17) is 23.2 Å². The van der Waals surface area contributed by atoms with Crippen LogP contribution in [-0.2, 0) is 6.54 Å². The van der Waals surface area contributed by atoms with Gasteiger partial charge in [0.2, 0.25) is 0 Å². The first-order valence-corrected chi connectivity index (χ1v) is 8.75. The molecule has 0 radical (unpaired) electrons. The third-order valence-corrected chi connectivity index (χ3v) is 4.64. The summed E-state index contributed by atoms with van der Waals surface area (Å²) < 4.78 is 0. The molecule has 1 N–H and O–H groups in total. The van der Waals surface area contributed by atoms with Gasteiger partial charge in [-0.05, 0) is 23.8 Å². The number of hydrogen-bond donors (Lipinski definition) is 1. The van der Waals surface area contributed by atoms with Crippen LogP contribution < -0.4 is 5.32 Å². The van der Waals surface area contributed by atoms with Crippen molar-refractivity contribution < 1.29 is 4.79 Å². The summed E-state index contributed by atoms with van der Waals surface area (Å²) in [4.78, 5) is 18.5. The zero-order chi connectivity index (χ0) is 18.5. The Bertz CT molecular complexity index is 916. The Balaban J connectivity index is 1.76. The number of nitrogens with zero attached hydrogens (tertiary/aromatic N) is 2. The quantitative estimate of drug-likeness (QED) is 0.638. The zero-order valence-electron chi connectivity index (χ0n) is 14.1. The minimum atomic E-state index is -0.109. The number of amides is 1. The van der Waals surface area contributed by atoms with Crippen molar-refractivity contribution in [3.8, 4) is 0 Å². The lowest BCUT2D eigenvalue weighted by Gasteiger charge is -2.18. The van der Waals surface area contributed by atoms with E-state index in [1.54, 1.807) is 42.5 Å². The summed E-state index contributed by atoms with van der Waals surface area (Å²) in [5.74, 6) is -0.109. The van der Waals surface area contributed by atoms with Gasteiger partial charge in [-0.2, -0.15) is 0 Å². The Kier molecular flexibility index (Phi) is 5.76. The molecule has 0 aliphatic rings. The molecule has 0 fully saturated rings. The minimum Gasteiger partial charge on any atom is -0.353 e. The van der Waals surface area contributed by atoms with Crippen LogP contribution in [-0.4, -0.2) is 22.8 Å². The van der Waals surface area contributed by atoms with Crippen molar-refractivity contribution in [2.24, 2.45) is 0 Å². The van der Waals surface area contributed by atoms with Gasteiger partial charge in [-0.3, -0.25) is 9.78 Å². The van der Waals surface area contributed by atoms with Gasteiger partial charge in [0.25, 0.3) is 5.91 Å². The third kappa shape index (κ3) is 4.34. The third-order valence-electron chi connectivity index (χ3n) is 3.83. The van der Waals surface area contributed by atoms with Crippen LogP contribution in [0.25, 0.3) is 0 Å². The Labute approximate surface area is 162 Å². The van der Waals surface area contributed by atoms with Crippen molar-refractivity contribution in [3.63, 3.8) is 0 Å². The van der Waals surface area contributed by atoms with Gasteiger partial charge in [-0.15, -0.1) is 0 Å². The van der Waals surface area contributed by atoms with E-state index < -0.39 is 0 Å². The number of nitrogens with one attached hydrogen (secondary N) is 1. The highest BCUT2D eigenvalue weighted by atomic mass is 35.5. The molecule has 0 aliphatic heterocycles. The van der Waals surface area contributed by atoms with Crippen molar-refractivity contribution in [2.75, 3.05) is 12.4 Å². The number of halogens is 2. The second-order valence-electron chi connectivity index (χ2n) is 5.84.